The molecule has 1 N–H and O–H groups in total. The number of amides is 1. The van der Waals surface area contributed by atoms with Gasteiger partial charge < -0.3 is 15.1 Å². The van der Waals surface area contributed by atoms with Gasteiger partial charge in [0.05, 0.1) is 6.04 Å². The normalized spacial score (nSPS) is 18.1. The molecule has 1 amide bonds. The first-order valence-corrected chi connectivity index (χ1v) is 10.3. The van der Waals surface area contributed by atoms with Gasteiger partial charge in [-0.15, -0.1) is 0 Å². The minimum atomic E-state index is -4.58. The Labute approximate surface area is 173 Å². The number of rotatable bonds is 5. The van der Waals surface area contributed by atoms with Gasteiger partial charge >= 0.3 is 6.18 Å². The quantitative estimate of drug-likeness (QED) is 0.807. The summed E-state index contributed by atoms with van der Waals surface area (Å²) in [4.78, 5) is 17.1. The molecule has 1 fully saturated rings. The summed E-state index contributed by atoms with van der Waals surface area (Å²) in [6.45, 7) is 4.12. The Morgan fingerprint density at radius 1 is 1.17 bits per heavy atom. The van der Waals surface area contributed by atoms with E-state index >= 15 is 0 Å². The van der Waals surface area contributed by atoms with Gasteiger partial charge in [-0.3, -0.25) is 9.48 Å². The molecule has 0 atom stereocenters. The van der Waals surface area contributed by atoms with E-state index in [1.165, 1.54) is 4.68 Å². The van der Waals surface area contributed by atoms with E-state index in [0.717, 1.165) is 43.4 Å². The molecule has 1 aromatic carbocycles. The minimum Gasteiger partial charge on any atom is -0.329 e. The first kappa shape index (κ1) is 20.9. The number of hydrogen-bond acceptors (Lipinski definition) is 4. The molecule has 3 heterocycles. The lowest BCUT2D eigenvalue weighted by Crippen LogP contribution is -2.39. The van der Waals surface area contributed by atoms with Gasteiger partial charge in [0.15, 0.2) is 5.69 Å². The van der Waals surface area contributed by atoms with Crippen molar-refractivity contribution in [3.63, 3.8) is 0 Å². The molecule has 1 saturated heterocycles. The number of fused-ring (bicyclic) bond motifs is 1. The van der Waals surface area contributed by atoms with Crippen LogP contribution in [0.25, 0.3) is 0 Å². The monoisotopic (exact) mass is 421 g/mol. The average molecular weight is 421 g/mol. The molecule has 2 aliphatic rings. The largest absolute Gasteiger partial charge is 0.435 e. The molecule has 162 valence electrons. The molecular formula is C21H26F3N5O. The van der Waals surface area contributed by atoms with Crippen LogP contribution in [0.3, 0.4) is 0 Å². The van der Waals surface area contributed by atoms with Crippen LogP contribution in [0.2, 0.25) is 0 Å². The average Bonchev–Trinajstić information content (AvgIpc) is 3.36. The van der Waals surface area contributed by atoms with Gasteiger partial charge in [-0.1, -0.05) is 24.3 Å². The number of aromatic nitrogens is 2. The fourth-order valence-corrected chi connectivity index (χ4v) is 4.27. The lowest BCUT2D eigenvalue weighted by atomic mass is 10.0. The SMILES string of the molecule is CNCCN1CCC(n2nc(C(F)(F)F)cc2C(=O)N2Cc3ccccc3C2)CC1. The van der Waals surface area contributed by atoms with Crippen molar-refractivity contribution in [3.8, 4) is 0 Å². The third kappa shape index (κ3) is 4.22. The molecule has 0 bridgehead atoms. The Bertz CT molecular complexity index is 877. The van der Waals surface area contributed by atoms with E-state index in [1.54, 1.807) is 4.90 Å². The number of nitrogens with one attached hydrogen (secondary N) is 1. The van der Waals surface area contributed by atoms with Gasteiger partial charge in [0, 0.05) is 45.3 Å². The van der Waals surface area contributed by atoms with Crippen LogP contribution in [-0.2, 0) is 19.3 Å². The van der Waals surface area contributed by atoms with Crippen LogP contribution in [0, 0.1) is 0 Å². The fraction of sp³-hybridized carbons (Fsp3) is 0.524. The van der Waals surface area contributed by atoms with E-state index in [2.05, 4.69) is 15.3 Å². The number of hydrogen-bond donors (Lipinski definition) is 1. The predicted molar refractivity (Wildman–Crippen MR) is 106 cm³/mol. The van der Waals surface area contributed by atoms with Crippen LogP contribution < -0.4 is 5.32 Å². The standard InChI is InChI=1S/C21H26F3N5O/c1-25-8-11-27-9-6-17(7-10-27)29-18(12-19(26-29)21(22,23)24)20(30)28-13-15-4-2-3-5-16(15)14-28/h2-5,12,17,25H,6-11,13-14H2,1H3. The fourth-order valence-electron chi connectivity index (χ4n) is 4.27. The van der Waals surface area contributed by atoms with Crippen LogP contribution in [0.1, 0.15) is 46.2 Å². The van der Waals surface area contributed by atoms with Gasteiger partial charge in [-0.25, -0.2) is 0 Å². The number of carbonyl (C=O) groups excluding carboxylic acids is 1. The Morgan fingerprint density at radius 3 is 2.37 bits per heavy atom. The van der Waals surface area contributed by atoms with E-state index in [1.807, 2.05) is 31.3 Å². The molecule has 0 radical (unpaired) electrons. The van der Waals surface area contributed by atoms with E-state index in [-0.39, 0.29) is 11.7 Å². The van der Waals surface area contributed by atoms with Crippen molar-refractivity contribution >= 4 is 5.91 Å². The molecule has 2 aliphatic heterocycles. The third-order valence-electron chi connectivity index (χ3n) is 5.95. The van der Waals surface area contributed by atoms with Crippen molar-refractivity contribution in [2.24, 2.45) is 0 Å². The molecule has 0 unspecified atom stereocenters. The van der Waals surface area contributed by atoms with E-state index in [9.17, 15) is 18.0 Å². The Kier molecular flexibility index (Phi) is 5.84. The second kappa shape index (κ2) is 8.39. The molecular weight excluding hydrogens is 395 g/mol. The molecule has 30 heavy (non-hydrogen) atoms. The molecule has 1 aromatic heterocycles. The van der Waals surface area contributed by atoms with Crippen LogP contribution in [0.5, 0.6) is 0 Å². The number of nitrogens with zero attached hydrogens (tertiary/aromatic N) is 4. The maximum atomic E-state index is 13.4. The summed E-state index contributed by atoms with van der Waals surface area (Å²) in [6.07, 6.45) is -3.24. The Morgan fingerprint density at radius 2 is 1.80 bits per heavy atom. The molecule has 9 heteroatoms. The summed E-state index contributed by atoms with van der Waals surface area (Å²) in [6, 6.07) is 8.40. The Balaban J connectivity index is 1.56. The van der Waals surface area contributed by atoms with Gasteiger partial charge in [0.2, 0.25) is 0 Å². The number of carbonyl (C=O) groups is 1. The van der Waals surface area contributed by atoms with Gasteiger partial charge in [-0.2, -0.15) is 18.3 Å². The predicted octanol–water partition coefficient (Wildman–Crippen LogP) is 2.91. The lowest BCUT2D eigenvalue weighted by molar-refractivity contribution is -0.141. The number of alkyl halides is 3. The number of likely N-dealkylation sites (tertiary alicyclic amines) is 1. The van der Waals surface area contributed by atoms with Gasteiger partial charge in [-0.05, 0) is 31.0 Å². The van der Waals surface area contributed by atoms with E-state index in [4.69, 9.17) is 0 Å². The van der Waals surface area contributed by atoms with Crippen LogP contribution >= 0.6 is 0 Å². The van der Waals surface area contributed by atoms with Crippen molar-refractivity contribution in [2.75, 3.05) is 33.2 Å². The maximum absolute atomic E-state index is 13.4. The molecule has 2 aromatic rings. The molecule has 0 aliphatic carbocycles. The highest BCUT2D eigenvalue weighted by Crippen LogP contribution is 2.33. The zero-order valence-electron chi connectivity index (χ0n) is 17.0. The lowest BCUT2D eigenvalue weighted by Gasteiger charge is -2.32. The second-order valence-electron chi connectivity index (χ2n) is 7.96. The highest BCUT2D eigenvalue weighted by atomic mass is 19.4. The summed E-state index contributed by atoms with van der Waals surface area (Å²) >= 11 is 0. The number of likely N-dealkylation sites (N-methyl/N-ethyl adjacent to an activating group) is 1. The van der Waals surface area contributed by atoms with Gasteiger partial charge in [0.1, 0.15) is 5.69 Å². The summed E-state index contributed by atoms with van der Waals surface area (Å²) in [5.74, 6) is -0.396. The van der Waals surface area contributed by atoms with Crippen LogP contribution in [-0.4, -0.2) is 58.7 Å². The van der Waals surface area contributed by atoms with Crippen LogP contribution in [0.15, 0.2) is 30.3 Å². The van der Waals surface area contributed by atoms with E-state index < -0.39 is 17.8 Å². The first-order valence-electron chi connectivity index (χ1n) is 10.3. The van der Waals surface area contributed by atoms with Crippen LogP contribution in [0.4, 0.5) is 13.2 Å². The topological polar surface area (TPSA) is 53.4 Å². The van der Waals surface area contributed by atoms with Gasteiger partial charge in [0.25, 0.3) is 5.91 Å². The smallest absolute Gasteiger partial charge is 0.329 e. The zero-order valence-corrected chi connectivity index (χ0v) is 17.0. The molecule has 6 nitrogen and oxygen atoms in total. The minimum absolute atomic E-state index is 0.0313. The molecule has 0 spiro atoms. The molecule has 0 saturated carbocycles. The maximum Gasteiger partial charge on any atom is 0.435 e. The summed E-state index contributed by atoms with van der Waals surface area (Å²) in [5.41, 5.74) is 1.10. The summed E-state index contributed by atoms with van der Waals surface area (Å²) < 4.78 is 41.5. The van der Waals surface area contributed by atoms with E-state index in [0.29, 0.717) is 25.9 Å². The van der Waals surface area contributed by atoms with Crippen molar-refractivity contribution in [2.45, 2.75) is 38.1 Å². The van der Waals surface area contributed by atoms with Crippen molar-refractivity contribution < 1.29 is 18.0 Å². The first-order chi connectivity index (χ1) is 14.4. The van der Waals surface area contributed by atoms with Crippen molar-refractivity contribution in [1.82, 2.24) is 24.9 Å². The van der Waals surface area contributed by atoms with Crippen molar-refractivity contribution in [3.05, 3.63) is 52.8 Å². The van der Waals surface area contributed by atoms with Crippen molar-refractivity contribution in [1.29, 1.82) is 0 Å². The Hall–Kier alpha value is -2.39. The summed E-state index contributed by atoms with van der Waals surface area (Å²) in [5, 5.41) is 6.95. The number of benzene rings is 1. The molecule has 4 rings (SSSR count). The number of halogens is 3. The third-order valence-corrected chi connectivity index (χ3v) is 5.95. The second-order valence-corrected chi connectivity index (χ2v) is 7.96. The summed E-state index contributed by atoms with van der Waals surface area (Å²) in [7, 11) is 1.89. The zero-order chi connectivity index (χ0) is 21.3. The number of piperidine rings is 1. The highest BCUT2D eigenvalue weighted by Gasteiger charge is 2.38. The highest BCUT2D eigenvalue weighted by molar-refractivity contribution is 5.93.